The molecule has 1 aliphatic heterocycles. The van der Waals surface area contributed by atoms with Crippen LogP contribution in [0.3, 0.4) is 0 Å². The lowest BCUT2D eigenvalue weighted by molar-refractivity contribution is 0.104. The maximum atomic E-state index is 5.94. The van der Waals surface area contributed by atoms with Crippen LogP contribution in [0, 0.1) is 17.8 Å². The molecule has 0 bridgehead atoms. The molecule has 10 heteroatoms. The number of nitrogen functional groups attached to an aromatic ring is 1. The zero-order chi connectivity index (χ0) is 22.9. The first-order valence-electron chi connectivity index (χ1n) is 11.3. The van der Waals surface area contributed by atoms with Crippen LogP contribution in [-0.2, 0) is 11.3 Å². The molecule has 2 aromatic carbocycles. The van der Waals surface area contributed by atoms with Gasteiger partial charge >= 0.3 is 6.01 Å². The van der Waals surface area contributed by atoms with Crippen LogP contribution < -0.4 is 16.0 Å². The van der Waals surface area contributed by atoms with Crippen molar-refractivity contribution in [2.45, 2.75) is 6.61 Å². The van der Waals surface area contributed by atoms with Crippen LogP contribution in [0.5, 0.6) is 0 Å². The molecule has 2 atom stereocenters. The van der Waals surface area contributed by atoms with Gasteiger partial charge in [-0.25, -0.2) is 0 Å². The Morgan fingerprint density at radius 1 is 0.912 bits per heavy atom. The van der Waals surface area contributed by atoms with Crippen molar-refractivity contribution in [3.63, 3.8) is 0 Å². The van der Waals surface area contributed by atoms with Gasteiger partial charge < -0.3 is 25.2 Å². The zero-order valence-electron chi connectivity index (χ0n) is 18.4. The van der Waals surface area contributed by atoms with E-state index in [1.165, 1.54) is 5.56 Å². The normalized spacial score (nSPS) is 20.8. The van der Waals surface area contributed by atoms with Gasteiger partial charge in [-0.1, -0.05) is 53.7 Å². The first kappa shape index (κ1) is 20.5. The Bertz CT molecular complexity index is 1250. The second-order valence-electron chi connectivity index (χ2n) is 8.63. The monoisotopic (exact) mass is 456 g/mol. The van der Waals surface area contributed by atoms with Crippen LogP contribution in [0.2, 0.25) is 0 Å². The molecule has 172 valence electrons. The van der Waals surface area contributed by atoms with Crippen LogP contribution in [0.15, 0.2) is 65.2 Å². The van der Waals surface area contributed by atoms with Gasteiger partial charge in [0.2, 0.25) is 23.5 Å². The number of para-hydroxylation sites is 1. The number of ether oxygens (including phenoxy) is 1. The molecule has 1 saturated carbocycles. The van der Waals surface area contributed by atoms with Gasteiger partial charge in [-0.05, 0) is 35.4 Å². The number of benzene rings is 2. The van der Waals surface area contributed by atoms with Gasteiger partial charge in [-0.15, -0.1) is 0 Å². The van der Waals surface area contributed by atoms with E-state index >= 15 is 0 Å². The van der Waals surface area contributed by atoms with Gasteiger partial charge in [0.1, 0.15) is 0 Å². The van der Waals surface area contributed by atoms with E-state index in [4.69, 9.17) is 15.0 Å². The van der Waals surface area contributed by atoms with E-state index in [-0.39, 0.29) is 17.6 Å². The van der Waals surface area contributed by atoms with E-state index in [0.717, 1.165) is 25.4 Å². The molecule has 10 nitrogen and oxygen atoms in total. The Hall–Kier alpha value is -4.05. The van der Waals surface area contributed by atoms with E-state index in [1.54, 1.807) is 0 Å². The maximum absolute atomic E-state index is 5.94. The first-order chi connectivity index (χ1) is 16.7. The van der Waals surface area contributed by atoms with Crippen molar-refractivity contribution in [1.82, 2.24) is 25.1 Å². The minimum atomic E-state index is 0.0792. The van der Waals surface area contributed by atoms with Gasteiger partial charge in [0.15, 0.2) is 0 Å². The third-order valence-electron chi connectivity index (χ3n) is 6.36. The first-order valence-corrected chi connectivity index (χ1v) is 11.3. The average molecular weight is 457 g/mol. The Labute approximate surface area is 196 Å². The number of nitrogens with two attached hydrogens (primary N) is 1. The molecule has 1 saturated heterocycles. The predicted molar refractivity (Wildman–Crippen MR) is 126 cm³/mol. The lowest BCUT2D eigenvalue weighted by Crippen LogP contribution is -2.25. The van der Waals surface area contributed by atoms with Crippen LogP contribution >= 0.6 is 0 Å². The summed E-state index contributed by atoms with van der Waals surface area (Å²) >= 11 is 0. The number of piperidine rings is 1. The number of rotatable bonds is 8. The van der Waals surface area contributed by atoms with Crippen molar-refractivity contribution >= 4 is 23.6 Å². The summed E-state index contributed by atoms with van der Waals surface area (Å²) in [7, 11) is 0. The summed E-state index contributed by atoms with van der Waals surface area (Å²) in [6, 6.07) is 20.3. The van der Waals surface area contributed by atoms with E-state index in [0.29, 0.717) is 36.3 Å². The van der Waals surface area contributed by atoms with Gasteiger partial charge in [0, 0.05) is 18.8 Å². The van der Waals surface area contributed by atoms with E-state index in [2.05, 4.69) is 47.4 Å². The minimum absolute atomic E-state index is 0.0792. The highest BCUT2D eigenvalue weighted by Gasteiger charge is 2.56. The van der Waals surface area contributed by atoms with E-state index in [9.17, 15) is 0 Å². The van der Waals surface area contributed by atoms with Crippen LogP contribution in [0.25, 0.3) is 11.6 Å². The Morgan fingerprint density at radius 2 is 1.65 bits per heavy atom. The van der Waals surface area contributed by atoms with Crippen molar-refractivity contribution in [2.24, 2.45) is 17.8 Å². The molecule has 6 rings (SSSR count). The second kappa shape index (κ2) is 8.71. The number of anilines is 4. The standard InChI is InChI=1S/C24H24N8O2/c25-22-27-20(28-23(30-22)26-16-9-5-2-6-10-16)21-29-24(34-31-21)32-11-17-18(12-32)19(17)14-33-13-15-7-3-1-4-8-15/h1-10,17-19H,11-14H2,(H3,25,26,27,28,30). The number of hydrogen-bond acceptors (Lipinski definition) is 10. The SMILES string of the molecule is Nc1nc(Nc2ccccc2)nc(-c2noc(N3CC4C(COCc5ccccc5)C4C3)n2)n1. The molecule has 4 aromatic rings. The third-order valence-corrected chi connectivity index (χ3v) is 6.36. The van der Waals surface area contributed by atoms with Crippen molar-refractivity contribution in [3.05, 3.63) is 66.2 Å². The molecule has 3 N–H and O–H groups in total. The summed E-state index contributed by atoms with van der Waals surface area (Å²) in [5, 5.41) is 7.18. The summed E-state index contributed by atoms with van der Waals surface area (Å²) < 4.78 is 11.5. The van der Waals surface area contributed by atoms with Gasteiger partial charge in [0.05, 0.1) is 13.2 Å². The second-order valence-corrected chi connectivity index (χ2v) is 8.63. The van der Waals surface area contributed by atoms with Crippen LogP contribution in [0.4, 0.5) is 23.6 Å². The molecule has 3 heterocycles. The summed E-state index contributed by atoms with van der Waals surface area (Å²) in [4.78, 5) is 19.4. The molecular formula is C24H24N8O2. The fraction of sp³-hybridized carbons (Fsp3) is 0.292. The van der Waals surface area contributed by atoms with Crippen molar-refractivity contribution in [1.29, 1.82) is 0 Å². The molecule has 0 radical (unpaired) electrons. The quantitative estimate of drug-likeness (QED) is 0.408. The smallest absolute Gasteiger partial charge is 0.324 e. The van der Waals surface area contributed by atoms with Crippen LogP contribution in [-0.4, -0.2) is 44.8 Å². The van der Waals surface area contributed by atoms with Gasteiger partial charge in [-0.2, -0.15) is 19.9 Å². The topological polar surface area (TPSA) is 128 Å². The molecule has 0 spiro atoms. The van der Waals surface area contributed by atoms with Crippen molar-refractivity contribution in [2.75, 3.05) is 35.6 Å². The van der Waals surface area contributed by atoms with Crippen molar-refractivity contribution < 1.29 is 9.26 Å². The van der Waals surface area contributed by atoms with Crippen molar-refractivity contribution in [3.8, 4) is 11.6 Å². The zero-order valence-corrected chi connectivity index (χ0v) is 18.4. The molecule has 2 aliphatic rings. The molecule has 34 heavy (non-hydrogen) atoms. The number of nitrogens with one attached hydrogen (secondary N) is 1. The molecule has 2 aromatic heterocycles. The number of nitrogens with zero attached hydrogens (tertiary/aromatic N) is 6. The van der Waals surface area contributed by atoms with Gasteiger partial charge in [-0.3, -0.25) is 0 Å². The lowest BCUT2D eigenvalue weighted by atomic mass is 10.2. The predicted octanol–water partition coefficient (Wildman–Crippen LogP) is 3.15. The minimum Gasteiger partial charge on any atom is -0.376 e. The molecule has 1 aliphatic carbocycles. The molecule has 2 fully saturated rings. The number of aromatic nitrogens is 5. The largest absolute Gasteiger partial charge is 0.376 e. The fourth-order valence-corrected chi connectivity index (χ4v) is 4.57. The highest BCUT2D eigenvalue weighted by Crippen LogP contribution is 2.52. The summed E-state index contributed by atoms with van der Waals surface area (Å²) in [5.41, 5.74) is 7.93. The Morgan fingerprint density at radius 3 is 2.41 bits per heavy atom. The van der Waals surface area contributed by atoms with E-state index < -0.39 is 0 Å². The highest BCUT2D eigenvalue weighted by atomic mass is 16.5. The van der Waals surface area contributed by atoms with Crippen LogP contribution in [0.1, 0.15) is 5.56 Å². The summed E-state index contributed by atoms with van der Waals surface area (Å²) in [5.74, 6) is 2.73. The molecular weight excluding hydrogens is 432 g/mol. The average Bonchev–Trinajstić information content (AvgIpc) is 3.23. The third kappa shape index (κ3) is 4.27. The Balaban J connectivity index is 1.06. The fourth-order valence-electron chi connectivity index (χ4n) is 4.57. The Kier molecular flexibility index (Phi) is 5.27. The molecule has 2 unspecified atom stereocenters. The summed E-state index contributed by atoms with van der Waals surface area (Å²) in [6.45, 7) is 3.20. The number of hydrogen-bond donors (Lipinski definition) is 2. The van der Waals surface area contributed by atoms with Gasteiger partial charge in [0.25, 0.3) is 0 Å². The van der Waals surface area contributed by atoms with E-state index in [1.807, 2.05) is 48.5 Å². The highest BCUT2D eigenvalue weighted by molar-refractivity contribution is 5.57. The molecule has 0 amide bonds. The number of fused-ring (bicyclic) bond motifs is 1. The maximum Gasteiger partial charge on any atom is 0.324 e. The summed E-state index contributed by atoms with van der Waals surface area (Å²) in [6.07, 6.45) is 0. The lowest BCUT2D eigenvalue weighted by Gasteiger charge is -2.16.